The van der Waals surface area contributed by atoms with E-state index in [1.54, 1.807) is 61.7 Å². The van der Waals surface area contributed by atoms with Gasteiger partial charge in [0.05, 0.1) is 18.8 Å². The first kappa shape index (κ1) is 20.2. The molecule has 2 aromatic carbocycles. The average molecular weight is 416 g/mol. The van der Waals surface area contributed by atoms with Gasteiger partial charge < -0.3 is 18.3 Å². The third-order valence-electron chi connectivity index (χ3n) is 4.80. The molecule has 0 atom stereocenters. The van der Waals surface area contributed by atoms with Gasteiger partial charge in [-0.2, -0.15) is 0 Å². The van der Waals surface area contributed by atoms with Crippen molar-refractivity contribution in [1.82, 2.24) is 0 Å². The molecular formula is C25H20O6. The summed E-state index contributed by atoms with van der Waals surface area (Å²) in [6, 6.07) is 15.8. The Hall–Kier alpha value is -4.06. The average Bonchev–Trinajstić information content (AvgIpc) is 3.34. The van der Waals surface area contributed by atoms with Crippen molar-refractivity contribution < 1.29 is 23.1 Å². The zero-order chi connectivity index (χ0) is 21.8. The zero-order valence-corrected chi connectivity index (χ0v) is 17.1. The van der Waals surface area contributed by atoms with Gasteiger partial charge >= 0.3 is 5.97 Å². The van der Waals surface area contributed by atoms with Gasteiger partial charge in [-0.05, 0) is 60.0 Å². The number of hydrogen-bond donors (Lipinski definition) is 0. The number of carbonyl (C=O) groups is 1. The molecule has 0 aliphatic carbocycles. The van der Waals surface area contributed by atoms with E-state index in [9.17, 15) is 9.59 Å². The molecule has 4 rings (SSSR count). The van der Waals surface area contributed by atoms with Crippen molar-refractivity contribution in [3.8, 4) is 23.0 Å². The van der Waals surface area contributed by atoms with E-state index in [0.29, 0.717) is 22.5 Å². The molecule has 31 heavy (non-hydrogen) atoms. The van der Waals surface area contributed by atoms with E-state index in [2.05, 4.69) is 0 Å². The minimum absolute atomic E-state index is 0.0675. The van der Waals surface area contributed by atoms with Crippen molar-refractivity contribution in [2.24, 2.45) is 0 Å². The number of rotatable bonds is 6. The quantitative estimate of drug-likeness (QED) is 0.316. The van der Waals surface area contributed by atoms with Crippen molar-refractivity contribution in [1.29, 1.82) is 0 Å². The predicted octanol–water partition coefficient (Wildman–Crippen LogP) is 5.24. The summed E-state index contributed by atoms with van der Waals surface area (Å²) < 4.78 is 21.8. The Labute approximate surface area is 178 Å². The topological polar surface area (TPSA) is 78.9 Å². The first-order chi connectivity index (χ1) is 15.1. The number of esters is 1. The summed E-state index contributed by atoms with van der Waals surface area (Å²) in [5.74, 6) is 0.156. The molecule has 0 aliphatic heterocycles. The lowest BCUT2D eigenvalue weighted by Gasteiger charge is -2.08. The van der Waals surface area contributed by atoms with E-state index in [1.165, 1.54) is 12.3 Å². The van der Waals surface area contributed by atoms with Gasteiger partial charge in [0.15, 0.2) is 5.76 Å². The maximum absolute atomic E-state index is 13.2. The van der Waals surface area contributed by atoms with Gasteiger partial charge in [0, 0.05) is 6.08 Å². The van der Waals surface area contributed by atoms with Crippen LogP contribution in [0, 0.1) is 0 Å². The number of hydrogen-bond acceptors (Lipinski definition) is 6. The minimum atomic E-state index is -0.707. The highest BCUT2D eigenvalue weighted by Gasteiger charge is 2.21. The minimum Gasteiger partial charge on any atom is -0.497 e. The van der Waals surface area contributed by atoms with Crippen LogP contribution >= 0.6 is 0 Å². The largest absolute Gasteiger partial charge is 0.497 e. The van der Waals surface area contributed by atoms with Crippen LogP contribution < -0.4 is 14.9 Å². The number of aryl methyl sites for hydroxylation is 1. The van der Waals surface area contributed by atoms with Gasteiger partial charge in [-0.3, -0.25) is 4.79 Å². The zero-order valence-electron chi connectivity index (χ0n) is 17.1. The number of ether oxygens (including phenoxy) is 2. The molecule has 6 heteroatoms. The molecule has 0 bridgehead atoms. The molecule has 0 unspecified atom stereocenters. The Balaban J connectivity index is 1.71. The third kappa shape index (κ3) is 4.28. The molecule has 6 nitrogen and oxygen atoms in total. The van der Waals surface area contributed by atoms with Gasteiger partial charge in [0.25, 0.3) is 0 Å². The summed E-state index contributed by atoms with van der Waals surface area (Å²) in [5.41, 5.74) is 1.71. The maximum Gasteiger partial charge on any atom is 0.336 e. The molecule has 2 aromatic heterocycles. The number of fused-ring (bicyclic) bond motifs is 1. The van der Waals surface area contributed by atoms with E-state index in [0.717, 1.165) is 17.5 Å². The second-order valence-corrected chi connectivity index (χ2v) is 6.78. The fourth-order valence-corrected chi connectivity index (χ4v) is 3.12. The molecule has 0 radical (unpaired) electrons. The van der Waals surface area contributed by atoms with Crippen molar-refractivity contribution >= 4 is 23.0 Å². The summed E-state index contributed by atoms with van der Waals surface area (Å²) in [7, 11) is 1.58. The van der Waals surface area contributed by atoms with Crippen LogP contribution in [0.4, 0.5) is 0 Å². The van der Waals surface area contributed by atoms with E-state index in [4.69, 9.17) is 18.3 Å². The second kappa shape index (κ2) is 8.75. The predicted molar refractivity (Wildman–Crippen MR) is 117 cm³/mol. The molecule has 0 saturated carbocycles. The summed E-state index contributed by atoms with van der Waals surface area (Å²) in [4.78, 5) is 25.7. The first-order valence-corrected chi connectivity index (χ1v) is 9.76. The molecule has 2 heterocycles. The number of benzene rings is 2. The fraction of sp³-hybridized carbons (Fsp3) is 0.120. The molecule has 0 amide bonds. The number of carbonyl (C=O) groups excluding carboxylic acids is 1. The fourth-order valence-electron chi connectivity index (χ4n) is 3.12. The summed E-state index contributed by atoms with van der Waals surface area (Å²) in [6.45, 7) is 1.99. The molecule has 0 spiro atoms. The highest BCUT2D eigenvalue weighted by Crippen LogP contribution is 2.31. The van der Waals surface area contributed by atoms with Crippen molar-refractivity contribution in [3.63, 3.8) is 0 Å². The van der Waals surface area contributed by atoms with Crippen LogP contribution in [0.25, 0.3) is 28.6 Å². The first-order valence-electron chi connectivity index (χ1n) is 9.76. The Morgan fingerprint density at radius 1 is 1.10 bits per heavy atom. The van der Waals surface area contributed by atoms with Gasteiger partial charge in [-0.25, -0.2) is 4.79 Å². The van der Waals surface area contributed by atoms with Crippen LogP contribution in [0.1, 0.15) is 18.1 Å². The number of furan rings is 1. The maximum atomic E-state index is 13.2. The summed E-state index contributed by atoms with van der Waals surface area (Å²) in [5, 5.41) is 0.344. The van der Waals surface area contributed by atoms with Gasteiger partial charge in [0.1, 0.15) is 11.3 Å². The molecule has 0 fully saturated rings. The normalized spacial score (nSPS) is 11.2. The van der Waals surface area contributed by atoms with Crippen molar-refractivity contribution in [3.05, 3.63) is 88.3 Å². The Morgan fingerprint density at radius 2 is 1.90 bits per heavy atom. The van der Waals surface area contributed by atoms with Crippen molar-refractivity contribution in [2.75, 3.05) is 7.11 Å². The Bertz CT molecular complexity index is 1290. The lowest BCUT2D eigenvalue weighted by molar-refractivity contribution is -0.129. The molecule has 4 aromatic rings. The van der Waals surface area contributed by atoms with Crippen LogP contribution in [0.2, 0.25) is 0 Å². The molecule has 0 saturated heterocycles. The Kier molecular flexibility index (Phi) is 5.71. The van der Waals surface area contributed by atoms with Crippen LogP contribution in [-0.2, 0) is 11.2 Å². The summed E-state index contributed by atoms with van der Waals surface area (Å²) >= 11 is 0. The SMILES string of the molecule is CCc1ccc2oc(-c3ccco3)c(OC(=O)C=Cc3ccc(OC)cc3)c(=O)c2c1. The summed E-state index contributed by atoms with van der Waals surface area (Å²) in [6.07, 6.45) is 5.05. The molecular weight excluding hydrogens is 396 g/mol. The van der Waals surface area contributed by atoms with E-state index >= 15 is 0 Å². The van der Waals surface area contributed by atoms with Crippen LogP contribution in [0.3, 0.4) is 0 Å². The van der Waals surface area contributed by atoms with Crippen LogP contribution in [0.5, 0.6) is 11.5 Å². The van der Waals surface area contributed by atoms with Gasteiger partial charge in [-0.15, -0.1) is 0 Å². The lowest BCUT2D eigenvalue weighted by Crippen LogP contribution is -2.14. The molecule has 0 N–H and O–H groups in total. The van der Waals surface area contributed by atoms with Gasteiger partial charge in [-0.1, -0.05) is 25.1 Å². The lowest BCUT2D eigenvalue weighted by atomic mass is 10.1. The smallest absolute Gasteiger partial charge is 0.336 e. The highest BCUT2D eigenvalue weighted by molar-refractivity contribution is 5.91. The monoisotopic (exact) mass is 416 g/mol. The highest BCUT2D eigenvalue weighted by atomic mass is 16.5. The van der Waals surface area contributed by atoms with Crippen LogP contribution in [0.15, 0.2) is 80.6 Å². The van der Waals surface area contributed by atoms with E-state index in [1.807, 2.05) is 13.0 Å². The Morgan fingerprint density at radius 3 is 2.58 bits per heavy atom. The number of methoxy groups -OCH3 is 1. The second-order valence-electron chi connectivity index (χ2n) is 6.78. The third-order valence-corrected chi connectivity index (χ3v) is 4.80. The van der Waals surface area contributed by atoms with Crippen molar-refractivity contribution in [2.45, 2.75) is 13.3 Å². The molecule has 156 valence electrons. The van der Waals surface area contributed by atoms with E-state index < -0.39 is 11.4 Å². The van der Waals surface area contributed by atoms with Crippen LogP contribution in [-0.4, -0.2) is 13.1 Å². The van der Waals surface area contributed by atoms with E-state index in [-0.39, 0.29) is 11.5 Å². The molecule has 0 aliphatic rings. The standard InChI is InChI=1S/C25H20O6/c1-3-16-8-12-20-19(15-16)23(27)25(24(30-20)21-5-4-14-29-21)31-22(26)13-9-17-6-10-18(28-2)11-7-17/h4-15H,3H2,1-2H3. The van der Waals surface area contributed by atoms with Gasteiger partial charge in [0.2, 0.25) is 16.9 Å².